The summed E-state index contributed by atoms with van der Waals surface area (Å²) in [6, 6.07) is 10.9. The molecular formula is C18H25N3O3S2. The molecular weight excluding hydrogens is 370 g/mol. The number of carbonyl (C=O) groups excluding carboxylic acids is 1. The van der Waals surface area contributed by atoms with Crippen LogP contribution in [0.4, 0.5) is 4.79 Å². The Morgan fingerprint density at radius 1 is 1.04 bits per heavy atom. The summed E-state index contributed by atoms with van der Waals surface area (Å²) in [4.78, 5) is 12.8. The summed E-state index contributed by atoms with van der Waals surface area (Å²) in [7, 11) is -3.45. The van der Waals surface area contributed by atoms with Crippen molar-refractivity contribution in [2.45, 2.75) is 38.1 Å². The van der Waals surface area contributed by atoms with Gasteiger partial charge in [0, 0.05) is 24.5 Å². The van der Waals surface area contributed by atoms with E-state index >= 15 is 0 Å². The first kappa shape index (κ1) is 20.4. The fraction of sp³-hybridized carbons (Fsp3) is 0.389. The fourth-order valence-corrected chi connectivity index (χ4v) is 5.40. The van der Waals surface area contributed by atoms with E-state index in [0.29, 0.717) is 23.8 Å². The molecule has 6 nitrogen and oxygen atoms in total. The van der Waals surface area contributed by atoms with Crippen LogP contribution < -0.4 is 10.6 Å². The smallest absolute Gasteiger partial charge is 0.315 e. The Morgan fingerprint density at radius 2 is 1.69 bits per heavy atom. The first-order valence-corrected chi connectivity index (χ1v) is 10.8. The molecule has 0 unspecified atom stereocenters. The molecule has 1 aromatic carbocycles. The standard InChI is InChI=1S/C18H25N3O3S2/c1-4-21(5-2)26(23,24)17-11-10-16(25-17)13-20-18(22)19-12-15-9-7-6-8-14(15)3/h6-11H,4-5,12-13H2,1-3H3,(H2,19,20,22). The zero-order chi connectivity index (χ0) is 19.2. The quantitative estimate of drug-likeness (QED) is 0.721. The van der Waals surface area contributed by atoms with Crippen LogP contribution >= 0.6 is 11.3 Å². The van der Waals surface area contributed by atoms with Gasteiger partial charge in [-0.15, -0.1) is 11.3 Å². The zero-order valence-electron chi connectivity index (χ0n) is 15.3. The van der Waals surface area contributed by atoms with Crippen LogP contribution in [0.2, 0.25) is 0 Å². The van der Waals surface area contributed by atoms with Gasteiger partial charge < -0.3 is 10.6 Å². The molecule has 0 saturated heterocycles. The highest BCUT2D eigenvalue weighted by atomic mass is 32.2. The van der Waals surface area contributed by atoms with Crippen LogP contribution in [0.3, 0.4) is 0 Å². The zero-order valence-corrected chi connectivity index (χ0v) is 16.9. The van der Waals surface area contributed by atoms with Crippen molar-refractivity contribution in [1.82, 2.24) is 14.9 Å². The van der Waals surface area contributed by atoms with E-state index in [1.54, 1.807) is 12.1 Å². The molecule has 0 bridgehead atoms. The predicted molar refractivity (Wildman–Crippen MR) is 105 cm³/mol. The van der Waals surface area contributed by atoms with Gasteiger partial charge in [-0.2, -0.15) is 4.31 Å². The lowest BCUT2D eigenvalue weighted by Crippen LogP contribution is -2.34. The second kappa shape index (κ2) is 9.16. The lowest BCUT2D eigenvalue weighted by atomic mass is 10.1. The molecule has 0 spiro atoms. The van der Waals surface area contributed by atoms with Crippen LogP contribution in [0.1, 0.15) is 29.9 Å². The molecule has 0 aliphatic rings. The molecule has 0 aliphatic carbocycles. The minimum absolute atomic E-state index is 0.283. The number of rotatable bonds is 8. The minimum atomic E-state index is -3.45. The van der Waals surface area contributed by atoms with Gasteiger partial charge in [0.15, 0.2) is 0 Å². The average molecular weight is 396 g/mol. The number of aryl methyl sites for hydroxylation is 1. The number of nitrogens with zero attached hydrogens (tertiary/aromatic N) is 1. The number of thiophene rings is 1. The van der Waals surface area contributed by atoms with E-state index in [9.17, 15) is 13.2 Å². The Labute approximate surface area is 159 Å². The van der Waals surface area contributed by atoms with Crippen LogP contribution in [0.5, 0.6) is 0 Å². The summed E-state index contributed by atoms with van der Waals surface area (Å²) < 4.78 is 26.7. The number of hydrogen-bond donors (Lipinski definition) is 2. The van der Waals surface area contributed by atoms with Gasteiger partial charge in [0.1, 0.15) is 4.21 Å². The number of sulfonamides is 1. The molecule has 2 N–H and O–H groups in total. The molecule has 1 aromatic heterocycles. The van der Waals surface area contributed by atoms with Gasteiger partial charge in [0.25, 0.3) is 10.0 Å². The number of urea groups is 1. The summed E-state index contributed by atoms with van der Waals surface area (Å²) in [5, 5.41) is 5.57. The Morgan fingerprint density at radius 3 is 2.35 bits per heavy atom. The van der Waals surface area contributed by atoms with Gasteiger partial charge in [0.05, 0.1) is 6.54 Å². The van der Waals surface area contributed by atoms with Crippen molar-refractivity contribution >= 4 is 27.4 Å². The first-order valence-electron chi connectivity index (χ1n) is 8.53. The molecule has 26 heavy (non-hydrogen) atoms. The Hall–Kier alpha value is -1.90. The monoisotopic (exact) mass is 395 g/mol. The molecule has 142 valence electrons. The maximum Gasteiger partial charge on any atom is 0.315 e. The van der Waals surface area contributed by atoms with E-state index < -0.39 is 10.0 Å². The summed E-state index contributed by atoms with van der Waals surface area (Å²) in [6.45, 7) is 7.24. The highest BCUT2D eigenvalue weighted by molar-refractivity contribution is 7.91. The second-order valence-electron chi connectivity index (χ2n) is 5.77. The highest BCUT2D eigenvalue weighted by Gasteiger charge is 2.23. The summed E-state index contributed by atoms with van der Waals surface area (Å²) in [6.07, 6.45) is 0. The molecule has 2 aromatic rings. The molecule has 0 radical (unpaired) electrons. The van der Waals surface area contributed by atoms with Crippen LogP contribution in [-0.4, -0.2) is 31.8 Å². The van der Waals surface area contributed by atoms with Crippen molar-refractivity contribution in [2.75, 3.05) is 13.1 Å². The highest BCUT2D eigenvalue weighted by Crippen LogP contribution is 2.24. The first-order chi connectivity index (χ1) is 12.4. The van der Waals surface area contributed by atoms with Crippen molar-refractivity contribution in [2.24, 2.45) is 0 Å². The van der Waals surface area contributed by atoms with Crippen molar-refractivity contribution in [3.8, 4) is 0 Å². The lowest BCUT2D eigenvalue weighted by molar-refractivity contribution is 0.240. The maximum absolute atomic E-state index is 12.5. The second-order valence-corrected chi connectivity index (χ2v) is 9.11. The molecule has 0 aliphatic heterocycles. The lowest BCUT2D eigenvalue weighted by Gasteiger charge is -2.16. The number of carbonyl (C=O) groups is 1. The molecule has 1 heterocycles. The number of nitrogens with one attached hydrogen (secondary N) is 2. The van der Waals surface area contributed by atoms with E-state index in [1.165, 1.54) is 15.6 Å². The number of benzene rings is 1. The van der Waals surface area contributed by atoms with Crippen molar-refractivity contribution < 1.29 is 13.2 Å². The molecule has 2 amide bonds. The van der Waals surface area contributed by atoms with Crippen LogP contribution in [0.15, 0.2) is 40.6 Å². The third-order valence-electron chi connectivity index (χ3n) is 4.06. The van der Waals surface area contributed by atoms with Gasteiger partial charge in [0.2, 0.25) is 0 Å². The average Bonchev–Trinajstić information content (AvgIpc) is 3.10. The van der Waals surface area contributed by atoms with Crippen molar-refractivity contribution in [3.05, 3.63) is 52.4 Å². The van der Waals surface area contributed by atoms with E-state index in [-0.39, 0.29) is 12.6 Å². The van der Waals surface area contributed by atoms with Crippen LogP contribution in [0, 0.1) is 6.92 Å². The molecule has 0 fully saturated rings. The summed E-state index contributed by atoms with van der Waals surface area (Å²) >= 11 is 1.19. The van der Waals surface area contributed by atoms with E-state index in [2.05, 4.69) is 10.6 Å². The normalized spacial score (nSPS) is 11.5. The third-order valence-corrected chi connectivity index (χ3v) is 7.66. The molecule has 0 saturated carbocycles. The van der Waals surface area contributed by atoms with Gasteiger partial charge in [-0.05, 0) is 30.2 Å². The largest absolute Gasteiger partial charge is 0.334 e. The maximum atomic E-state index is 12.5. The van der Waals surface area contributed by atoms with Crippen molar-refractivity contribution in [3.63, 3.8) is 0 Å². The predicted octanol–water partition coefficient (Wildman–Crippen LogP) is 3.09. The van der Waals surface area contributed by atoms with Gasteiger partial charge in [-0.1, -0.05) is 38.1 Å². The Bertz CT molecular complexity index is 843. The van der Waals surface area contributed by atoms with Gasteiger partial charge in [-0.3, -0.25) is 0 Å². The van der Waals surface area contributed by atoms with Crippen LogP contribution in [-0.2, 0) is 23.1 Å². The number of hydrogen-bond acceptors (Lipinski definition) is 4. The Balaban J connectivity index is 1.89. The van der Waals surface area contributed by atoms with E-state index in [4.69, 9.17) is 0 Å². The van der Waals surface area contributed by atoms with Crippen molar-refractivity contribution in [1.29, 1.82) is 0 Å². The van der Waals surface area contributed by atoms with E-state index in [0.717, 1.165) is 16.0 Å². The molecule has 2 rings (SSSR count). The topological polar surface area (TPSA) is 78.5 Å². The summed E-state index contributed by atoms with van der Waals surface area (Å²) in [5.74, 6) is 0. The molecule has 0 atom stereocenters. The minimum Gasteiger partial charge on any atom is -0.334 e. The Kier molecular flexibility index (Phi) is 7.19. The van der Waals surface area contributed by atoms with Gasteiger partial charge in [-0.25, -0.2) is 13.2 Å². The fourth-order valence-electron chi connectivity index (χ4n) is 2.50. The molecule has 8 heteroatoms. The van der Waals surface area contributed by atoms with Crippen LogP contribution in [0.25, 0.3) is 0 Å². The van der Waals surface area contributed by atoms with Gasteiger partial charge >= 0.3 is 6.03 Å². The number of amides is 2. The van der Waals surface area contributed by atoms with E-state index in [1.807, 2.05) is 45.0 Å². The summed E-state index contributed by atoms with van der Waals surface area (Å²) in [5.41, 5.74) is 2.18. The third kappa shape index (κ3) is 5.06. The SMILES string of the molecule is CCN(CC)S(=O)(=O)c1ccc(CNC(=O)NCc2ccccc2C)s1.